The zero-order valence-corrected chi connectivity index (χ0v) is 16.4. The van der Waals surface area contributed by atoms with Crippen molar-refractivity contribution in [3.8, 4) is 39.8 Å². The number of rotatable bonds is 3. The summed E-state index contributed by atoms with van der Waals surface area (Å²) in [7, 11) is 0. The quantitative estimate of drug-likeness (QED) is 0.521. The fraction of sp³-hybridized carbons (Fsp3) is 0. The van der Waals surface area contributed by atoms with Crippen molar-refractivity contribution in [2.45, 2.75) is 0 Å². The van der Waals surface area contributed by atoms with Gasteiger partial charge in [-0.05, 0) is 24.3 Å². The minimum absolute atomic E-state index is 0. The van der Waals surface area contributed by atoms with Crippen LogP contribution >= 0.6 is 0 Å². The number of para-hydroxylation sites is 1. The molecule has 2 heterocycles. The number of oxazole rings is 1. The number of nitrogens with zero attached hydrogens (tertiary/aromatic N) is 2. The molecule has 0 radical (unpaired) electrons. The number of hydrogen-bond acceptors (Lipinski definition) is 4. The van der Waals surface area contributed by atoms with Crippen LogP contribution in [0.3, 0.4) is 0 Å². The molecule has 118 valence electrons. The molecule has 0 saturated heterocycles. The van der Waals surface area contributed by atoms with Gasteiger partial charge in [-0.2, -0.15) is 0 Å². The fourth-order valence-corrected chi connectivity index (χ4v) is 2.57. The van der Waals surface area contributed by atoms with E-state index in [1.54, 1.807) is 30.6 Å². The van der Waals surface area contributed by atoms with Crippen molar-refractivity contribution in [1.29, 1.82) is 0 Å². The van der Waals surface area contributed by atoms with Crippen LogP contribution in [0.2, 0.25) is 0 Å². The molecule has 25 heavy (non-hydrogen) atoms. The monoisotopic (exact) mass is 378 g/mol. The maximum Gasteiger partial charge on any atom is 0.231 e. The van der Waals surface area contributed by atoms with Gasteiger partial charge in [0.1, 0.15) is 11.4 Å². The van der Waals surface area contributed by atoms with Gasteiger partial charge in [-0.3, -0.25) is 4.98 Å². The van der Waals surface area contributed by atoms with Crippen LogP contribution in [0.5, 0.6) is 5.75 Å². The van der Waals surface area contributed by atoms with Crippen LogP contribution in [0.25, 0.3) is 34.0 Å². The van der Waals surface area contributed by atoms with E-state index >= 15 is 0 Å². The van der Waals surface area contributed by atoms with Gasteiger partial charge in [-0.15, -0.1) is 0 Å². The first-order valence-corrected chi connectivity index (χ1v) is 7.58. The minimum atomic E-state index is 0. The van der Waals surface area contributed by atoms with Crippen LogP contribution in [0.4, 0.5) is 0 Å². The van der Waals surface area contributed by atoms with Crippen molar-refractivity contribution >= 4 is 0 Å². The largest absolute Gasteiger partial charge is 0.507 e. The van der Waals surface area contributed by atoms with Crippen molar-refractivity contribution in [2.24, 2.45) is 0 Å². The molecule has 0 aliphatic carbocycles. The summed E-state index contributed by atoms with van der Waals surface area (Å²) < 4.78 is 6.01. The molecular weight excluding hydrogens is 366 g/mol. The molecule has 0 bridgehead atoms. The Labute approximate surface area is 158 Å². The SMILES string of the molecule is Oc1ccccc1-c1nc(-c2ccccc2)c(-c2cccnc2)o1.[Zn]. The summed E-state index contributed by atoms with van der Waals surface area (Å²) in [4.78, 5) is 8.79. The second-order valence-corrected chi connectivity index (χ2v) is 5.32. The summed E-state index contributed by atoms with van der Waals surface area (Å²) >= 11 is 0. The van der Waals surface area contributed by atoms with E-state index in [-0.39, 0.29) is 25.2 Å². The van der Waals surface area contributed by atoms with Gasteiger partial charge in [0.2, 0.25) is 5.89 Å². The molecule has 2 aromatic heterocycles. The summed E-state index contributed by atoms with van der Waals surface area (Å²) in [6, 6.07) is 20.6. The first-order chi connectivity index (χ1) is 11.8. The predicted molar refractivity (Wildman–Crippen MR) is 92.3 cm³/mol. The molecule has 0 saturated carbocycles. The molecule has 0 amide bonds. The van der Waals surface area contributed by atoms with Crippen LogP contribution < -0.4 is 0 Å². The maximum atomic E-state index is 10.1. The number of aromatic nitrogens is 2. The number of phenolic OH excluding ortho intramolecular Hbond substituents is 1. The van der Waals surface area contributed by atoms with E-state index in [9.17, 15) is 5.11 Å². The molecule has 1 N–H and O–H groups in total. The molecule has 0 aliphatic heterocycles. The third kappa shape index (κ3) is 3.37. The number of aromatic hydroxyl groups is 1. The summed E-state index contributed by atoms with van der Waals surface area (Å²) in [6.07, 6.45) is 3.45. The molecular formula is C20H14N2O2Zn. The molecule has 5 heteroatoms. The van der Waals surface area contributed by atoms with Crippen LogP contribution in [-0.4, -0.2) is 15.1 Å². The van der Waals surface area contributed by atoms with Gasteiger partial charge in [0, 0.05) is 43.0 Å². The van der Waals surface area contributed by atoms with Gasteiger partial charge >= 0.3 is 0 Å². The Morgan fingerprint density at radius 1 is 0.800 bits per heavy atom. The summed E-state index contributed by atoms with van der Waals surface area (Å²) in [6.45, 7) is 0. The van der Waals surface area contributed by atoms with Gasteiger partial charge in [0.15, 0.2) is 5.76 Å². The average molecular weight is 380 g/mol. The Hall–Kier alpha value is -2.78. The standard InChI is InChI=1S/C20H14N2O2.Zn/c23-17-11-5-4-10-16(17)20-22-18(14-7-2-1-3-8-14)19(24-20)15-9-6-12-21-13-15;/h1-13,23H;. The number of phenols is 1. The molecule has 0 atom stereocenters. The normalized spacial score (nSPS) is 10.2. The van der Waals surface area contributed by atoms with Gasteiger partial charge in [-0.1, -0.05) is 42.5 Å². The molecule has 4 nitrogen and oxygen atoms in total. The minimum Gasteiger partial charge on any atom is -0.507 e. The van der Waals surface area contributed by atoms with Gasteiger partial charge < -0.3 is 9.52 Å². The van der Waals surface area contributed by atoms with Crippen molar-refractivity contribution in [2.75, 3.05) is 0 Å². The molecule has 4 rings (SSSR count). The van der Waals surface area contributed by atoms with Crippen molar-refractivity contribution < 1.29 is 29.0 Å². The molecule has 0 aliphatic rings. The Balaban J connectivity index is 0.00000182. The van der Waals surface area contributed by atoms with Crippen LogP contribution in [0, 0.1) is 0 Å². The average Bonchev–Trinajstić information content (AvgIpc) is 3.09. The second kappa shape index (κ2) is 7.41. The smallest absolute Gasteiger partial charge is 0.231 e. The number of pyridine rings is 1. The van der Waals surface area contributed by atoms with E-state index in [1.165, 1.54) is 0 Å². The van der Waals surface area contributed by atoms with Gasteiger partial charge in [0.25, 0.3) is 0 Å². The molecule has 4 aromatic rings. The Morgan fingerprint density at radius 3 is 2.24 bits per heavy atom. The molecule has 0 unspecified atom stereocenters. The summed E-state index contributed by atoms with van der Waals surface area (Å²) in [5, 5.41) is 10.1. The zero-order chi connectivity index (χ0) is 16.4. The summed E-state index contributed by atoms with van der Waals surface area (Å²) in [5.41, 5.74) is 3.07. The number of benzene rings is 2. The summed E-state index contributed by atoms with van der Waals surface area (Å²) in [5.74, 6) is 1.15. The van der Waals surface area contributed by atoms with Gasteiger partial charge in [0.05, 0.1) is 5.56 Å². The molecule has 0 spiro atoms. The van der Waals surface area contributed by atoms with Gasteiger partial charge in [-0.25, -0.2) is 4.98 Å². The third-order valence-corrected chi connectivity index (χ3v) is 3.73. The topological polar surface area (TPSA) is 59.2 Å². The first-order valence-electron chi connectivity index (χ1n) is 7.58. The third-order valence-electron chi connectivity index (χ3n) is 3.73. The Bertz CT molecular complexity index is 912. The van der Waals surface area contributed by atoms with E-state index in [1.807, 2.05) is 48.5 Å². The van der Waals surface area contributed by atoms with E-state index in [4.69, 9.17) is 4.42 Å². The predicted octanol–water partition coefficient (Wildman–Crippen LogP) is 4.77. The molecule has 0 fully saturated rings. The van der Waals surface area contributed by atoms with Crippen molar-refractivity contribution in [3.05, 3.63) is 79.1 Å². The second-order valence-electron chi connectivity index (χ2n) is 5.32. The van der Waals surface area contributed by atoms with E-state index in [2.05, 4.69) is 9.97 Å². The Morgan fingerprint density at radius 2 is 1.52 bits per heavy atom. The van der Waals surface area contributed by atoms with Crippen LogP contribution in [0.1, 0.15) is 0 Å². The zero-order valence-electron chi connectivity index (χ0n) is 13.5. The van der Waals surface area contributed by atoms with E-state index in [0.717, 1.165) is 16.8 Å². The van der Waals surface area contributed by atoms with Crippen LogP contribution in [-0.2, 0) is 19.5 Å². The van der Waals surface area contributed by atoms with Crippen LogP contribution in [0.15, 0.2) is 83.5 Å². The maximum absolute atomic E-state index is 10.1. The first kappa shape index (κ1) is 17.1. The number of hydrogen-bond donors (Lipinski definition) is 1. The molecule has 2 aromatic carbocycles. The van der Waals surface area contributed by atoms with E-state index < -0.39 is 0 Å². The fourth-order valence-electron chi connectivity index (χ4n) is 2.57. The van der Waals surface area contributed by atoms with Crippen molar-refractivity contribution in [1.82, 2.24) is 9.97 Å². The Kier molecular flexibility index (Phi) is 5.06. The van der Waals surface area contributed by atoms with Crippen molar-refractivity contribution in [3.63, 3.8) is 0 Å². The van der Waals surface area contributed by atoms with E-state index in [0.29, 0.717) is 17.2 Å².